The first-order chi connectivity index (χ1) is 12.3. The van der Waals surface area contributed by atoms with Crippen LogP contribution in [0.25, 0.3) is 0 Å². The van der Waals surface area contributed by atoms with Crippen molar-refractivity contribution >= 4 is 0 Å². The molecule has 0 saturated carbocycles. The van der Waals surface area contributed by atoms with E-state index in [0.29, 0.717) is 0 Å². The number of rotatable bonds is 12. The summed E-state index contributed by atoms with van der Waals surface area (Å²) in [5.74, 6) is 0. The Bertz CT molecular complexity index is 438. The van der Waals surface area contributed by atoms with Gasteiger partial charge in [0.2, 0.25) is 0 Å². The fraction of sp³-hybridized carbons (Fsp3) is 0.727. The second kappa shape index (κ2) is 12.5. The minimum absolute atomic E-state index is 0.283. The van der Waals surface area contributed by atoms with E-state index in [1.165, 1.54) is 56.1 Å². The minimum atomic E-state index is 0.283. The minimum Gasteiger partial charge on any atom is -0.395 e. The topological polar surface area (TPSA) is 26.7 Å². The average molecular weight is 347 g/mol. The van der Waals surface area contributed by atoms with E-state index in [1.807, 2.05) is 0 Å². The molecule has 0 spiro atoms. The molecular weight excluding hydrogens is 308 g/mol. The summed E-state index contributed by atoms with van der Waals surface area (Å²) in [4.78, 5) is 4.91. The lowest BCUT2D eigenvalue weighted by atomic mass is 10.0. The van der Waals surface area contributed by atoms with E-state index >= 15 is 0 Å². The maximum atomic E-state index is 9.01. The number of β-amino-alcohol motifs (C(OH)–C–C–N with tert-alkyl or cyclic N) is 1. The third kappa shape index (κ3) is 8.35. The highest BCUT2D eigenvalue weighted by atomic mass is 16.3. The summed E-state index contributed by atoms with van der Waals surface area (Å²) in [7, 11) is 0. The largest absolute Gasteiger partial charge is 0.395 e. The molecule has 1 aromatic carbocycles. The standard InChI is InChI=1S/C22H38N2O/c1-2-3-4-5-6-7-8-21-9-11-22(12-10-21)13-14-23-15-17-24(18-16-23)19-20-25/h9-12,25H,2-8,13-20H2,1H3. The van der Waals surface area contributed by atoms with Gasteiger partial charge in [0.1, 0.15) is 0 Å². The highest BCUT2D eigenvalue weighted by molar-refractivity contribution is 5.22. The van der Waals surface area contributed by atoms with Crippen LogP contribution >= 0.6 is 0 Å². The Labute approximate surface area is 155 Å². The van der Waals surface area contributed by atoms with Crippen LogP contribution in [0.15, 0.2) is 24.3 Å². The molecule has 1 aliphatic heterocycles. The van der Waals surface area contributed by atoms with Gasteiger partial charge < -0.3 is 10.0 Å². The number of unbranched alkanes of at least 4 members (excludes halogenated alkanes) is 5. The van der Waals surface area contributed by atoms with Crippen molar-refractivity contribution in [2.75, 3.05) is 45.9 Å². The van der Waals surface area contributed by atoms with Crippen molar-refractivity contribution in [1.82, 2.24) is 9.80 Å². The van der Waals surface area contributed by atoms with E-state index in [1.54, 1.807) is 0 Å². The summed E-state index contributed by atoms with van der Waals surface area (Å²) in [6.45, 7) is 9.00. The van der Waals surface area contributed by atoms with Crippen LogP contribution in [0.4, 0.5) is 0 Å². The molecule has 1 fully saturated rings. The average Bonchev–Trinajstić information content (AvgIpc) is 2.65. The first-order valence-electron chi connectivity index (χ1n) is 10.4. The van der Waals surface area contributed by atoms with Crippen molar-refractivity contribution in [3.63, 3.8) is 0 Å². The Morgan fingerprint density at radius 2 is 1.24 bits per heavy atom. The zero-order valence-corrected chi connectivity index (χ0v) is 16.3. The maximum absolute atomic E-state index is 9.01. The first kappa shape index (κ1) is 20.4. The summed E-state index contributed by atoms with van der Waals surface area (Å²) >= 11 is 0. The van der Waals surface area contributed by atoms with Crippen molar-refractivity contribution < 1.29 is 5.11 Å². The molecular formula is C22H38N2O. The fourth-order valence-electron chi connectivity index (χ4n) is 3.65. The Balaban J connectivity index is 1.59. The van der Waals surface area contributed by atoms with Crippen LogP contribution in [0.5, 0.6) is 0 Å². The quantitative estimate of drug-likeness (QED) is 0.584. The third-order valence-electron chi connectivity index (χ3n) is 5.44. The summed E-state index contributed by atoms with van der Waals surface area (Å²) in [5.41, 5.74) is 2.96. The lowest BCUT2D eigenvalue weighted by molar-refractivity contribution is 0.113. The number of aliphatic hydroxyl groups is 1. The summed E-state index contributed by atoms with van der Waals surface area (Å²) in [6, 6.07) is 9.32. The smallest absolute Gasteiger partial charge is 0.0558 e. The van der Waals surface area contributed by atoms with Gasteiger partial charge >= 0.3 is 0 Å². The first-order valence-corrected chi connectivity index (χ1v) is 10.4. The number of nitrogens with zero attached hydrogens (tertiary/aromatic N) is 2. The van der Waals surface area contributed by atoms with E-state index in [4.69, 9.17) is 5.11 Å². The summed E-state index contributed by atoms with van der Waals surface area (Å²) < 4.78 is 0. The molecule has 1 aliphatic rings. The molecule has 142 valence electrons. The SMILES string of the molecule is CCCCCCCCc1ccc(CCN2CCN(CCO)CC2)cc1. The number of benzene rings is 1. The van der Waals surface area contributed by atoms with Crippen LogP contribution in [-0.4, -0.2) is 60.8 Å². The third-order valence-corrected chi connectivity index (χ3v) is 5.44. The molecule has 3 nitrogen and oxygen atoms in total. The van der Waals surface area contributed by atoms with Crippen LogP contribution in [0.1, 0.15) is 56.6 Å². The number of aryl methyl sites for hydroxylation is 1. The van der Waals surface area contributed by atoms with Crippen molar-refractivity contribution in [3.05, 3.63) is 35.4 Å². The van der Waals surface area contributed by atoms with Crippen molar-refractivity contribution in [3.8, 4) is 0 Å². The number of hydrogen-bond donors (Lipinski definition) is 1. The number of hydrogen-bond acceptors (Lipinski definition) is 3. The maximum Gasteiger partial charge on any atom is 0.0558 e. The number of aliphatic hydroxyl groups excluding tert-OH is 1. The van der Waals surface area contributed by atoms with E-state index < -0.39 is 0 Å². The Morgan fingerprint density at radius 3 is 1.84 bits per heavy atom. The molecule has 2 rings (SSSR count). The van der Waals surface area contributed by atoms with Crippen LogP contribution in [0.2, 0.25) is 0 Å². The molecule has 3 heteroatoms. The fourth-order valence-corrected chi connectivity index (χ4v) is 3.65. The van der Waals surface area contributed by atoms with E-state index in [2.05, 4.69) is 41.0 Å². The van der Waals surface area contributed by atoms with Crippen LogP contribution in [-0.2, 0) is 12.8 Å². The van der Waals surface area contributed by atoms with E-state index in [9.17, 15) is 0 Å². The van der Waals surface area contributed by atoms with Gasteiger partial charge in [0.15, 0.2) is 0 Å². The lowest BCUT2D eigenvalue weighted by Gasteiger charge is -2.34. The van der Waals surface area contributed by atoms with Gasteiger partial charge in [0.25, 0.3) is 0 Å². The number of piperazine rings is 1. The predicted molar refractivity (Wildman–Crippen MR) is 107 cm³/mol. The van der Waals surface area contributed by atoms with E-state index in [0.717, 1.165) is 45.7 Å². The molecule has 0 aliphatic carbocycles. The molecule has 1 saturated heterocycles. The van der Waals surface area contributed by atoms with Gasteiger partial charge in [0, 0.05) is 39.3 Å². The lowest BCUT2D eigenvalue weighted by Crippen LogP contribution is -2.47. The van der Waals surface area contributed by atoms with Gasteiger partial charge in [-0.25, -0.2) is 0 Å². The highest BCUT2D eigenvalue weighted by Gasteiger charge is 2.15. The molecule has 25 heavy (non-hydrogen) atoms. The zero-order chi connectivity index (χ0) is 17.7. The Morgan fingerprint density at radius 1 is 0.720 bits per heavy atom. The molecule has 0 atom stereocenters. The van der Waals surface area contributed by atoms with Gasteiger partial charge in [-0.2, -0.15) is 0 Å². The molecule has 1 N–H and O–H groups in total. The van der Waals surface area contributed by atoms with Crippen molar-refractivity contribution in [2.45, 2.75) is 58.3 Å². The van der Waals surface area contributed by atoms with Gasteiger partial charge in [-0.05, 0) is 30.4 Å². The van der Waals surface area contributed by atoms with E-state index in [-0.39, 0.29) is 6.61 Å². The van der Waals surface area contributed by atoms with Gasteiger partial charge in [-0.1, -0.05) is 63.3 Å². The van der Waals surface area contributed by atoms with Gasteiger partial charge in [-0.15, -0.1) is 0 Å². The predicted octanol–water partition coefficient (Wildman–Crippen LogP) is 3.74. The van der Waals surface area contributed by atoms with Gasteiger partial charge in [-0.3, -0.25) is 4.90 Å². The van der Waals surface area contributed by atoms with Crippen molar-refractivity contribution in [2.24, 2.45) is 0 Å². The van der Waals surface area contributed by atoms with Crippen molar-refractivity contribution in [1.29, 1.82) is 0 Å². The second-order valence-electron chi connectivity index (χ2n) is 7.49. The van der Waals surface area contributed by atoms with Gasteiger partial charge in [0.05, 0.1) is 6.61 Å². The molecule has 0 bridgehead atoms. The Kier molecular flexibility index (Phi) is 10.2. The molecule has 0 radical (unpaired) electrons. The van der Waals surface area contributed by atoms with Crippen LogP contribution in [0.3, 0.4) is 0 Å². The van der Waals surface area contributed by atoms with Crippen LogP contribution < -0.4 is 0 Å². The van der Waals surface area contributed by atoms with Crippen LogP contribution in [0, 0.1) is 0 Å². The normalized spacial score (nSPS) is 16.4. The second-order valence-corrected chi connectivity index (χ2v) is 7.49. The molecule has 1 aromatic rings. The molecule has 0 amide bonds. The molecule has 1 heterocycles. The highest BCUT2D eigenvalue weighted by Crippen LogP contribution is 2.12. The molecule has 0 aromatic heterocycles. The summed E-state index contributed by atoms with van der Waals surface area (Å²) in [6.07, 6.45) is 10.6. The summed E-state index contributed by atoms with van der Waals surface area (Å²) in [5, 5.41) is 9.01. The molecule has 0 unspecified atom stereocenters. The zero-order valence-electron chi connectivity index (χ0n) is 16.3. The monoisotopic (exact) mass is 346 g/mol. The Hall–Kier alpha value is -0.900.